The smallest absolute Gasteiger partial charge is 0.0854 e. The van der Waals surface area contributed by atoms with Crippen LogP contribution in [-0.4, -0.2) is 9.78 Å². The van der Waals surface area contributed by atoms with Crippen molar-refractivity contribution in [3.63, 3.8) is 0 Å². The fourth-order valence-corrected chi connectivity index (χ4v) is 2.79. The third-order valence-corrected chi connectivity index (χ3v) is 3.75. The van der Waals surface area contributed by atoms with Crippen molar-refractivity contribution in [3.8, 4) is 0 Å². The number of nitrogens with two attached hydrogens (primary N) is 1. The van der Waals surface area contributed by atoms with Gasteiger partial charge in [0.05, 0.1) is 17.1 Å². The highest BCUT2D eigenvalue weighted by Gasteiger charge is 2.19. The molecule has 1 aromatic rings. The number of aromatic nitrogens is 2. The Morgan fingerprint density at radius 1 is 1.25 bits per heavy atom. The molecule has 1 heterocycles. The molecule has 0 saturated heterocycles. The monoisotopic (exact) mass is 221 g/mol. The van der Waals surface area contributed by atoms with Crippen LogP contribution in [0.2, 0.25) is 0 Å². The number of anilines is 1. The summed E-state index contributed by atoms with van der Waals surface area (Å²) in [5.74, 6) is 0.828. The first kappa shape index (κ1) is 11.5. The van der Waals surface area contributed by atoms with Gasteiger partial charge in [-0.3, -0.25) is 4.68 Å². The van der Waals surface area contributed by atoms with Crippen molar-refractivity contribution in [2.24, 2.45) is 5.92 Å². The van der Waals surface area contributed by atoms with Gasteiger partial charge in [0.2, 0.25) is 0 Å². The summed E-state index contributed by atoms with van der Waals surface area (Å²) in [6.07, 6.45) is 7.45. The van der Waals surface area contributed by atoms with E-state index in [1.807, 2.05) is 0 Å². The van der Waals surface area contributed by atoms with Gasteiger partial charge in [-0.15, -0.1) is 0 Å². The Morgan fingerprint density at radius 2 is 1.94 bits per heavy atom. The zero-order chi connectivity index (χ0) is 11.5. The van der Waals surface area contributed by atoms with Crippen molar-refractivity contribution in [2.75, 3.05) is 5.73 Å². The molecule has 2 rings (SSSR count). The van der Waals surface area contributed by atoms with Crippen LogP contribution in [0.25, 0.3) is 0 Å². The molecule has 90 valence electrons. The maximum atomic E-state index is 6.12. The minimum Gasteiger partial charge on any atom is -0.396 e. The highest BCUT2D eigenvalue weighted by molar-refractivity contribution is 5.48. The van der Waals surface area contributed by atoms with Gasteiger partial charge in [0.1, 0.15) is 0 Å². The van der Waals surface area contributed by atoms with Gasteiger partial charge in [-0.1, -0.05) is 26.7 Å². The molecular weight excluding hydrogens is 198 g/mol. The van der Waals surface area contributed by atoms with Gasteiger partial charge in [-0.05, 0) is 31.6 Å². The molecule has 0 atom stereocenters. The van der Waals surface area contributed by atoms with E-state index in [9.17, 15) is 0 Å². The second-order valence-corrected chi connectivity index (χ2v) is 4.85. The summed E-state index contributed by atoms with van der Waals surface area (Å²) in [5.41, 5.74) is 9.37. The Balaban J connectivity index is 2.18. The molecule has 1 aliphatic carbocycles. The van der Waals surface area contributed by atoms with E-state index in [0.717, 1.165) is 36.7 Å². The van der Waals surface area contributed by atoms with Crippen LogP contribution in [0.15, 0.2) is 0 Å². The maximum absolute atomic E-state index is 6.12. The highest BCUT2D eigenvalue weighted by atomic mass is 15.3. The van der Waals surface area contributed by atoms with Crippen molar-refractivity contribution in [2.45, 2.75) is 58.9 Å². The van der Waals surface area contributed by atoms with E-state index in [0.29, 0.717) is 0 Å². The normalized spacial score (nSPS) is 17.1. The molecule has 1 aliphatic rings. The quantitative estimate of drug-likeness (QED) is 0.849. The van der Waals surface area contributed by atoms with E-state index in [1.54, 1.807) is 0 Å². The zero-order valence-electron chi connectivity index (χ0n) is 10.5. The second kappa shape index (κ2) is 4.89. The lowest BCUT2D eigenvalue weighted by Crippen LogP contribution is -2.12. The van der Waals surface area contributed by atoms with Crippen LogP contribution < -0.4 is 5.73 Å². The Kier molecular flexibility index (Phi) is 3.52. The number of rotatable bonds is 4. The molecule has 0 spiro atoms. The average molecular weight is 221 g/mol. The fourth-order valence-electron chi connectivity index (χ4n) is 2.79. The van der Waals surface area contributed by atoms with E-state index in [2.05, 4.69) is 23.6 Å². The Labute approximate surface area is 98.0 Å². The summed E-state index contributed by atoms with van der Waals surface area (Å²) in [5, 5.41) is 4.65. The third-order valence-electron chi connectivity index (χ3n) is 3.75. The molecule has 0 aromatic carbocycles. The summed E-state index contributed by atoms with van der Waals surface area (Å²) in [4.78, 5) is 0. The minimum absolute atomic E-state index is 0.828. The van der Waals surface area contributed by atoms with Gasteiger partial charge in [-0.25, -0.2) is 0 Å². The van der Waals surface area contributed by atoms with E-state index >= 15 is 0 Å². The molecule has 3 heteroatoms. The van der Waals surface area contributed by atoms with Gasteiger partial charge in [0.25, 0.3) is 0 Å². The van der Waals surface area contributed by atoms with E-state index in [-0.39, 0.29) is 0 Å². The lowest BCUT2D eigenvalue weighted by atomic mass is 10.1. The predicted octanol–water partition coefficient (Wildman–Crippen LogP) is 2.78. The summed E-state index contributed by atoms with van der Waals surface area (Å²) >= 11 is 0. The van der Waals surface area contributed by atoms with Crippen LogP contribution in [0, 0.1) is 5.92 Å². The number of nitrogens with zero attached hydrogens (tertiary/aromatic N) is 2. The average Bonchev–Trinajstić information content (AvgIpc) is 2.87. The molecule has 0 aliphatic heterocycles. The summed E-state index contributed by atoms with van der Waals surface area (Å²) in [6, 6.07) is 0. The van der Waals surface area contributed by atoms with E-state index < -0.39 is 0 Å². The maximum Gasteiger partial charge on any atom is 0.0854 e. The Bertz CT molecular complexity index is 348. The highest BCUT2D eigenvalue weighted by Crippen LogP contribution is 2.28. The predicted molar refractivity (Wildman–Crippen MR) is 67.4 cm³/mol. The molecule has 2 N–H and O–H groups in total. The molecule has 16 heavy (non-hydrogen) atoms. The molecular formula is C13H23N3. The van der Waals surface area contributed by atoms with Crippen molar-refractivity contribution in [3.05, 3.63) is 11.4 Å². The Hall–Kier alpha value is -0.990. The van der Waals surface area contributed by atoms with Crippen LogP contribution in [0.5, 0.6) is 0 Å². The number of nitrogen functional groups attached to an aromatic ring is 1. The first-order valence-corrected chi connectivity index (χ1v) is 6.60. The summed E-state index contributed by atoms with van der Waals surface area (Å²) in [6.45, 7) is 5.36. The summed E-state index contributed by atoms with van der Waals surface area (Å²) in [7, 11) is 0. The minimum atomic E-state index is 0.828. The number of aryl methyl sites for hydroxylation is 1. The second-order valence-electron chi connectivity index (χ2n) is 4.85. The molecule has 0 bridgehead atoms. The largest absolute Gasteiger partial charge is 0.396 e. The topological polar surface area (TPSA) is 43.8 Å². The van der Waals surface area contributed by atoms with Crippen LogP contribution in [0.3, 0.4) is 0 Å². The van der Waals surface area contributed by atoms with Crippen LogP contribution in [0.1, 0.15) is 50.9 Å². The molecule has 1 fully saturated rings. The molecule has 0 unspecified atom stereocenters. The van der Waals surface area contributed by atoms with Gasteiger partial charge in [-0.2, -0.15) is 5.10 Å². The van der Waals surface area contributed by atoms with Crippen LogP contribution in [0.4, 0.5) is 5.69 Å². The van der Waals surface area contributed by atoms with Crippen molar-refractivity contribution in [1.82, 2.24) is 9.78 Å². The van der Waals surface area contributed by atoms with Crippen molar-refractivity contribution in [1.29, 1.82) is 0 Å². The van der Waals surface area contributed by atoms with Crippen molar-refractivity contribution < 1.29 is 0 Å². The fraction of sp³-hybridized carbons (Fsp3) is 0.769. The zero-order valence-corrected chi connectivity index (χ0v) is 10.5. The third kappa shape index (κ3) is 2.08. The molecule has 0 radical (unpaired) electrons. The Morgan fingerprint density at radius 3 is 2.50 bits per heavy atom. The van der Waals surface area contributed by atoms with Crippen LogP contribution >= 0.6 is 0 Å². The molecule has 0 amide bonds. The molecule has 3 nitrogen and oxygen atoms in total. The van der Waals surface area contributed by atoms with Crippen molar-refractivity contribution >= 4 is 5.69 Å². The lowest BCUT2D eigenvalue weighted by Gasteiger charge is -2.11. The van der Waals surface area contributed by atoms with Gasteiger partial charge in [0.15, 0.2) is 0 Å². The summed E-state index contributed by atoms with van der Waals surface area (Å²) < 4.78 is 2.17. The standard InChI is InChI=1S/C13H23N3/c1-3-11-13(14)12(4-2)16(15-11)9-10-7-5-6-8-10/h10H,3-9,14H2,1-2H3. The first-order valence-electron chi connectivity index (χ1n) is 6.60. The SMILES string of the molecule is CCc1nn(CC2CCCC2)c(CC)c1N. The number of hydrogen-bond acceptors (Lipinski definition) is 2. The molecule has 1 saturated carbocycles. The van der Waals surface area contributed by atoms with Gasteiger partial charge >= 0.3 is 0 Å². The lowest BCUT2D eigenvalue weighted by molar-refractivity contribution is 0.418. The van der Waals surface area contributed by atoms with Gasteiger partial charge < -0.3 is 5.73 Å². The number of hydrogen-bond donors (Lipinski definition) is 1. The van der Waals surface area contributed by atoms with Gasteiger partial charge in [0, 0.05) is 6.54 Å². The van der Waals surface area contributed by atoms with E-state index in [1.165, 1.54) is 31.4 Å². The first-order chi connectivity index (χ1) is 7.76. The molecule has 1 aromatic heterocycles. The van der Waals surface area contributed by atoms with E-state index in [4.69, 9.17) is 5.73 Å². The van der Waals surface area contributed by atoms with Crippen LogP contribution in [-0.2, 0) is 19.4 Å².